The van der Waals surface area contributed by atoms with Crippen LogP contribution in [0.2, 0.25) is 0 Å². The predicted molar refractivity (Wildman–Crippen MR) is 108 cm³/mol. The molecule has 3 aromatic heterocycles. The topological polar surface area (TPSA) is 80.7 Å². The lowest BCUT2D eigenvalue weighted by atomic mass is 10.0. The first-order valence-electron chi connectivity index (χ1n) is 9.35. The molecule has 9 heteroatoms. The van der Waals surface area contributed by atoms with E-state index in [9.17, 15) is 18.0 Å². The summed E-state index contributed by atoms with van der Waals surface area (Å²) in [6.07, 6.45) is -2.30. The lowest BCUT2D eigenvalue weighted by molar-refractivity contribution is -0.145. The van der Waals surface area contributed by atoms with Gasteiger partial charge in [0.25, 0.3) is 0 Å². The zero-order valence-corrected chi connectivity index (χ0v) is 16.4. The van der Waals surface area contributed by atoms with Crippen molar-refractivity contribution in [3.63, 3.8) is 0 Å². The first kappa shape index (κ1) is 19.1. The highest BCUT2D eigenvalue weighted by molar-refractivity contribution is 6.24. The number of benzene rings is 1. The standard InChI is InChI=1S/C22H14F3N5O/c1-10-5-13(6-11(2)28-10)29-12-3-4-17-14(7-12)18-15-8-27-21(22(23,24)25)30-19(15)20(31)16(18)9-26-17/h3-9H,1-2H3,(H,28,29). The number of halogens is 3. The molecule has 0 amide bonds. The highest BCUT2D eigenvalue weighted by Crippen LogP contribution is 2.41. The van der Waals surface area contributed by atoms with Gasteiger partial charge in [-0.25, -0.2) is 9.97 Å². The van der Waals surface area contributed by atoms with Crippen molar-refractivity contribution in [3.8, 4) is 11.1 Å². The average Bonchev–Trinajstić information content (AvgIpc) is 2.99. The fraction of sp³-hybridized carbons (Fsp3) is 0.136. The van der Waals surface area contributed by atoms with E-state index < -0.39 is 17.8 Å². The van der Waals surface area contributed by atoms with Crippen molar-refractivity contribution in [1.82, 2.24) is 19.9 Å². The van der Waals surface area contributed by atoms with E-state index in [1.54, 1.807) is 6.07 Å². The van der Waals surface area contributed by atoms with Gasteiger partial charge in [0.2, 0.25) is 11.6 Å². The molecule has 6 nitrogen and oxygen atoms in total. The number of aryl methyl sites for hydroxylation is 2. The van der Waals surface area contributed by atoms with E-state index >= 15 is 0 Å². The summed E-state index contributed by atoms with van der Waals surface area (Å²) >= 11 is 0. The molecule has 0 spiro atoms. The number of carbonyl (C=O) groups is 1. The van der Waals surface area contributed by atoms with E-state index in [1.165, 1.54) is 6.20 Å². The molecule has 0 unspecified atom stereocenters. The maximum Gasteiger partial charge on any atom is 0.451 e. The van der Waals surface area contributed by atoms with Crippen LogP contribution in [0.25, 0.3) is 22.0 Å². The number of pyridine rings is 2. The van der Waals surface area contributed by atoms with E-state index in [2.05, 4.69) is 25.3 Å². The largest absolute Gasteiger partial charge is 0.451 e. The third kappa shape index (κ3) is 3.18. The summed E-state index contributed by atoms with van der Waals surface area (Å²) in [7, 11) is 0. The van der Waals surface area contributed by atoms with Gasteiger partial charge < -0.3 is 5.32 Å². The highest BCUT2D eigenvalue weighted by Gasteiger charge is 2.38. The fourth-order valence-corrected chi connectivity index (χ4v) is 3.81. The minimum absolute atomic E-state index is 0.212. The number of fused-ring (bicyclic) bond motifs is 5. The number of aromatic nitrogens is 4. The van der Waals surface area contributed by atoms with Gasteiger partial charge in [-0.15, -0.1) is 0 Å². The summed E-state index contributed by atoms with van der Waals surface area (Å²) < 4.78 is 39.1. The van der Waals surface area contributed by atoms with Gasteiger partial charge in [0, 0.05) is 51.7 Å². The SMILES string of the molecule is Cc1cc(Nc2ccc3ncc4c(c3c2)-c2cnc(C(F)(F)F)nc2C4=O)cc(C)n1. The minimum atomic E-state index is -4.73. The van der Waals surface area contributed by atoms with Crippen molar-refractivity contribution in [3.05, 3.63) is 71.2 Å². The van der Waals surface area contributed by atoms with Gasteiger partial charge in [0.15, 0.2) is 0 Å². The molecule has 0 saturated heterocycles. The Morgan fingerprint density at radius 3 is 2.29 bits per heavy atom. The van der Waals surface area contributed by atoms with Gasteiger partial charge in [-0.1, -0.05) is 0 Å². The van der Waals surface area contributed by atoms with Crippen LogP contribution in [-0.2, 0) is 6.18 Å². The zero-order chi connectivity index (χ0) is 21.9. The number of hydrogen-bond acceptors (Lipinski definition) is 6. The van der Waals surface area contributed by atoms with Crippen molar-refractivity contribution in [2.24, 2.45) is 0 Å². The van der Waals surface area contributed by atoms with Crippen LogP contribution in [0.1, 0.15) is 33.3 Å². The number of carbonyl (C=O) groups excluding carboxylic acids is 1. The number of hydrogen-bond donors (Lipinski definition) is 1. The number of ketones is 1. The molecule has 0 aliphatic heterocycles. The Kier molecular flexibility index (Phi) is 4.04. The second-order valence-electron chi connectivity index (χ2n) is 7.33. The quantitative estimate of drug-likeness (QED) is 0.432. The molecule has 0 atom stereocenters. The van der Waals surface area contributed by atoms with E-state index in [0.29, 0.717) is 16.5 Å². The van der Waals surface area contributed by atoms with Crippen molar-refractivity contribution >= 4 is 28.1 Å². The molecule has 0 radical (unpaired) electrons. The number of nitrogens with zero attached hydrogens (tertiary/aromatic N) is 4. The van der Waals surface area contributed by atoms with Crippen molar-refractivity contribution < 1.29 is 18.0 Å². The van der Waals surface area contributed by atoms with Crippen molar-refractivity contribution in [1.29, 1.82) is 0 Å². The molecule has 0 fully saturated rings. The average molecular weight is 421 g/mol. The third-order valence-corrected chi connectivity index (χ3v) is 5.01. The maximum atomic E-state index is 13.0. The van der Waals surface area contributed by atoms with Gasteiger partial charge in [-0.05, 0) is 44.2 Å². The maximum absolute atomic E-state index is 13.0. The molecule has 31 heavy (non-hydrogen) atoms. The monoisotopic (exact) mass is 421 g/mol. The van der Waals surface area contributed by atoms with Crippen LogP contribution in [0.5, 0.6) is 0 Å². The van der Waals surface area contributed by atoms with Crippen molar-refractivity contribution in [2.45, 2.75) is 20.0 Å². The van der Waals surface area contributed by atoms with Gasteiger partial charge in [0.1, 0.15) is 5.69 Å². The molecule has 1 aliphatic rings. The lowest BCUT2D eigenvalue weighted by Crippen LogP contribution is -2.13. The fourth-order valence-electron chi connectivity index (χ4n) is 3.81. The number of nitrogens with one attached hydrogen (secondary N) is 1. The molecule has 4 aromatic rings. The zero-order valence-electron chi connectivity index (χ0n) is 16.4. The Hall–Kier alpha value is -3.88. The van der Waals surface area contributed by atoms with E-state index in [4.69, 9.17) is 0 Å². The second-order valence-corrected chi connectivity index (χ2v) is 7.33. The van der Waals surface area contributed by atoms with E-state index in [0.717, 1.165) is 29.0 Å². The molecule has 0 saturated carbocycles. The lowest BCUT2D eigenvalue weighted by Gasteiger charge is -2.11. The number of rotatable bonds is 2. The molecule has 1 N–H and O–H groups in total. The third-order valence-electron chi connectivity index (χ3n) is 5.01. The Labute approximate surface area is 174 Å². The minimum Gasteiger partial charge on any atom is -0.355 e. The van der Waals surface area contributed by atoms with Crippen LogP contribution >= 0.6 is 0 Å². The number of alkyl halides is 3. The van der Waals surface area contributed by atoms with Crippen LogP contribution in [0.15, 0.2) is 42.7 Å². The second kappa shape index (κ2) is 6.56. The van der Waals surface area contributed by atoms with E-state index in [1.807, 2.05) is 38.1 Å². The Bertz CT molecular complexity index is 1380. The smallest absolute Gasteiger partial charge is 0.355 e. The van der Waals surface area contributed by atoms with Crippen LogP contribution < -0.4 is 5.32 Å². The van der Waals surface area contributed by atoms with Crippen LogP contribution in [0.3, 0.4) is 0 Å². The summed E-state index contributed by atoms with van der Waals surface area (Å²) in [5.41, 5.74) is 4.63. The Balaban J connectivity index is 1.65. The first-order valence-corrected chi connectivity index (χ1v) is 9.35. The van der Waals surface area contributed by atoms with Crippen LogP contribution in [-0.4, -0.2) is 25.7 Å². The molecule has 0 bridgehead atoms. The van der Waals surface area contributed by atoms with Gasteiger partial charge in [0.05, 0.1) is 11.1 Å². The predicted octanol–water partition coefficient (Wildman–Crippen LogP) is 5.01. The first-order chi connectivity index (χ1) is 14.7. The molecule has 1 aliphatic carbocycles. The normalized spacial score (nSPS) is 12.7. The van der Waals surface area contributed by atoms with Crippen LogP contribution in [0, 0.1) is 13.8 Å². The Morgan fingerprint density at radius 1 is 0.871 bits per heavy atom. The summed E-state index contributed by atoms with van der Waals surface area (Å²) in [5.74, 6) is -1.93. The van der Waals surface area contributed by atoms with Gasteiger partial charge in [-0.2, -0.15) is 13.2 Å². The summed E-state index contributed by atoms with van der Waals surface area (Å²) in [4.78, 5) is 28.3. The summed E-state index contributed by atoms with van der Waals surface area (Å²) in [6.45, 7) is 3.79. The molecular formula is C22H14F3N5O. The van der Waals surface area contributed by atoms with Gasteiger partial charge >= 0.3 is 6.18 Å². The Morgan fingerprint density at radius 2 is 1.58 bits per heavy atom. The van der Waals surface area contributed by atoms with Crippen LogP contribution in [0.4, 0.5) is 24.5 Å². The molecule has 3 heterocycles. The molecular weight excluding hydrogens is 407 g/mol. The summed E-state index contributed by atoms with van der Waals surface area (Å²) in [5, 5.41) is 3.93. The van der Waals surface area contributed by atoms with Gasteiger partial charge in [-0.3, -0.25) is 14.8 Å². The molecule has 1 aromatic carbocycles. The summed E-state index contributed by atoms with van der Waals surface area (Å²) in [6, 6.07) is 9.23. The highest BCUT2D eigenvalue weighted by atomic mass is 19.4. The molecule has 5 rings (SSSR count). The number of anilines is 2. The molecule has 154 valence electrons. The van der Waals surface area contributed by atoms with E-state index in [-0.39, 0.29) is 16.8 Å². The van der Waals surface area contributed by atoms with Crippen molar-refractivity contribution in [2.75, 3.05) is 5.32 Å².